The number of hydrogen-bond acceptors (Lipinski definition) is 5. The smallest absolute Gasteiger partial charge is 0.323 e. The highest BCUT2D eigenvalue weighted by atomic mass is 35.5. The minimum absolute atomic E-state index is 0.126. The number of fused-ring (bicyclic) bond motifs is 1. The Labute approximate surface area is 151 Å². The highest BCUT2D eigenvalue weighted by Crippen LogP contribution is 2.30. The number of carbonyl (C=O) groups is 1. The Kier molecular flexibility index (Phi) is 3.71. The summed E-state index contributed by atoms with van der Waals surface area (Å²) < 4.78 is 7.01. The third-order valence-corrected chi connectivity index (χ3v) is 4.10. The first-order valence-electron chi connectivity index (χ1n) is 7.15. The van der Waals surface area contributed by atoms with Crippen LogP contribution in [-0.4, -0.2) is 26.2 Å². The lowest BCUT2D eigenvalue weighted by atomic mass is 10.1. The Morgan fingerprint density at radius 1 is 1.16 bits per heavy atom. The van der Waals surface area contributed by atoms with E-state index in [4.69, 9.17) is 27.6 Å². The second-order valence-corrected chi connectivity index (χ2v) is 6.12. The molecule has 1 N–H and O–H groups in total. The molecule has 0 aliphatic carbocycles. The average molecular weight is 374 g/mol. The molecule has 0 unspecified atom stereocenters. The van der Waals surface area contributed by atoms with Crippen molar-refractivity contribution in [1.82, 2.24) is 14.8 Å². The summed E-state index contributed by atoms with van der Waals surface area (Å²) in [6, 6.07) is 9.71. The van der Waals surface area contributed by atoms with Gasteiger partial charge in [0.1, 0.15) is 17.0 Å². The number of rotatable bonds is 3. The van der Waals surface area contributed by atoms with Crippen LogP contribution in [0.15, 0.2) is 47.0 Å². The molecule has 124 valence electrons. The van der Waals surface area contributed by atoms with Gasteiger partial charge >= 0.3 is 6.01 Å². The Morgan fingerprint density at radius 3 is 2.64 bits per heavy atom. The molecule has 0 aliphatic rings. The first-order chi connectivity index (χ1) is 12.0. The molecular formula is C17H9Cl2N3O3. The second-order valence-electron chi connectivity index (χ2n) is 5.27. The van der Waals surface area contributed by atoms with Crippen LogP contribution in [0.25, 0.3) is 28.4 Å². The zero-order valence-corrected chi connectivity index (χ0v) is 14.0. The number of aromatic hydroxyl groups is 1. The highest BCUT2D eigenvalue weighted by Gasteiger charge is 2.17. The molecule has 0 saturated carbocycles. The zero-order chi connectivity index (χ0) is 17.6. The maximum atomic E-state index is 11.4. The van der Waals surface area contributed by atoms with Crippen molar-refractivity contribution in [3.63, 3.8) is 0 Å². The SMILES string of the molecule is O=Cc1cn(-c2nc3cc(Cl)cc(Cl)c3o2)nc1-c1ccc(O)cc1. The fourth-order valence-electron chi connectivity index (χ4n) is 2.46. The Balaban J connectivity index is 1.85. The summed E-state index contributed by atoms with van der Waals surface area (Å²) in [5.74, 6) is 0.126. The van der Waals surface area contributed by atoms with E-state index in [0.717, 1.165) is 0 Å². The largest absolute Gasteiger partial charge is 0.508 e. The van der Waals surface area contributed by atoms with Crippen LogP contribution < -0.4 is 0 Å². The van der Waals surface area contributed by atoms with Crippen LogP contribution in [0.4, 0.5) is 0 Å². The molecule has 4 rings (SSSR count). The summed E-state index contributed by atoms with van der Waals surface area (Å²) in [5.41, 5.74) is 2.35. The van der Waals surface area contributed by atoms with E-state index in [9.17, 15) is 9.90 Å². The van der Waals surface area contributed by atoms with E-state index >= 15 is 0 Å². The van der Waals surface area contributed by atoms with Gasteiger partial charge in [0.15, 0.2) is 11.9 Å². The molecule has 8 heteroatoms. The van der Waals surface area contributed by atoms with Crippen molar-refractivity contribution in [2.24, 2.45) is 0 Å². The molecule has 2 heterocycles. The van der Waals surface area contributed by atoms with Crippen molar-refractivity contribution in [2.45, 2.75) is 0 Å². The molecule has 0 saturated heterocycles. The van der Waals surface area contributed by atoms with Gasteiger partial charge < -0.3 is 9.52 Å². The van der Waals surface area contributed by atoms with Crippen molar-refractivity contribution >= 4 is 40.6 Å². The standard InChI is InChI=1S/C17H9Cl2N3O3/c18-11-5-13(19)16-14(6-11)20-17(25-16)22-7-10(8-23)15(21-22)9-1-3-12(24)4-2-9/h1-8,24H. The first-order valence-corrected chi connectivity index (χ1v) is 7.91. The summed E-state index contributed by atoms with van der Waals surface area (Å²) in [5, 5.41) is 14.5. The van der Waals surface area contributed by atoms with Gasteiger partial charge in [-0.25, -0.2) is 0 Å². The quantitative estimate of drug-likeness (QED) is 0.534. The Morgan fingerprint density at radius 2 is 1.92 bits per heavy atom. The fraction of sp³-hybridized carbons (Fsp3) is 0. The lowest BCUT2D eigenvalue weighted by molar-refractivity contribution is 0.112. The van der Waals surface area contributed by atoms with Crippen LogP contribution in [0.2, 0.25) is 10.0 Å². The summed E-state index contributed by atoms with van der Waals surface area (Å²) in [4.78, 5) is 15.7. The van der Waals surface area contributed by atoms with Crippen LogP contribution in [0.5, 0.6) is 5.75 Å². The average Bonchev–Trinajstić information content (AvgIpc) is 3.19. The number of aromatic nitrogens is 3. The first kappa shape index (κ1) is 15.7. The van der Waals surface area contributed by atoms with Gasteiger partial charge in [0.2, 0.25) is 0 Å². The third-order valence-electron chi connectivity index (χ3n) is 3.60. The third kappa shape index (κ3) is 2.75. The minimum atomic E-state index is 0.126. The van der Waals surface area contributed by atoms with Gasteiger partial charge in [-0.05, 0) is 36.4 Å². The number of carbonyl (C=O) groups excluding carboxylic acids is 1. The normalized spacial score (nSPS) is 11.1. The van der Waals surface area contributed by atoms with Crippen molar-refractivity contribution in [3.05, 3.63) is 58.2 Å². The van der Waals surface area contributed by atoms with E-state index in [0.29, 0.717) is 44.3 Å². The Bertz CT molecular complexity index is 1100. The number of phenols is 1. The molecule has 4 aromatic rings. The number of hydrogen-bond donors (Lipinski definition) is 1. The van der Waals surface area contributed by atoms with Crippen LogP contribution in [-0.2, 0) is 0 Å². The summed E-state index contributed by atoms with van der Waals surface area (Å²) in [6.07, 6.45) is 2.20. The van der Waals surface area contributed by atoms with Gasteiger partial charge in [-0.2, -0.15) is 14.8 Å². The van der Waals surface area contributed by atoms with Crippen molar-refractivity contribution < 1.29 is 14.3 Å². The monoisotopic (exact) mass is 373 g/mol. The van der Waals surface area contributed by atoms with Gasteiger partial charge in [-0.3, -0.25) is 4.79 Å². The molecule has 2 aromatic heterocycles. The molecule has 0 amide bonds. The molecule has 0 bridgehead atoms. The minimum Gasteiger partial charge on any atom is -0.508 e. The van der Waals surface area contributed by atoms with Crippen molar-refractivity contribution in [2.75, 3.05) is 0 Å². The number of nitrogens with zero attached hydrogens (tertiary/aromatic N) is 3. The number of phenolic OH excluding ortho intramolecular Hbond substituents is 1. The molecule has 0 spiro atoms. The van der Waals surface area contributed by atoms with Crippen LogP contribution in [0.3, 0.4) is 0 Å². The molecule has 0 atom stereocenters. The number of benzene rings is 2. The maximum Gasteiger partial charge on any atom is 0.323 e. The van der Waals surface area contributed by atoms with Gasteiger partial charge in [0, 0.05) is 16.8 Å². The molecule has 6 nitrogen and oxygen atoms in total. The number of oxazole rings is 1. The van der Waals surface area contributed by atoms with Gasteiger partial charge in [0.25, 0.3) is 0 Å². The maximum absolute atomic E-state index is 11.4. The molecule has 0 fully saturated rings. The van der Waals surface area contributed by atoms with E-state index in [1.165, 1.54) is 23.0 Å². The van der Waals surface area contributed by atoms with Crippen LogP contribution >= 0.6 is 23.2 Å². The Hall–Kier alpha value is -2.83. The predicted molar refractivity (Wildman–Crippen MR) is 93.6 cm³/mol. The fourth-order valence-corrected chi connectivity index (χ4v) is 2.98. The van der Waals surface area contributed by atoms with E-state index in [-0.39, 0.29) is 11.8 Å². The summed E-state index contributed by atoms with van der Waals surface area (Å²) in [6.45, 7) is 0. The molecule has 0 radical (unpaired) electrons. The zero-order valence-electron chi connectivity index (χ0n) is 12.5. The summed E-state index contributed by atoms with van der Waals surface area (Å²) >= 11 is 12.1. The molecule has 0 aliphatic heterocycles. The number of aldehydes is 1. The molecule has 25 heavy (non-hydrogen) atoms. The van der Waals surface area contributed by atoms with Gasteiger partial charge in [0.05, 0.1) is 10.6 Å². The van der Waals surface area contributed by atoms with Gasteiger partial charge in [-0.1, -0.05) is 23.2 Å². The predicted octanol–water partition coefficient (Wildman–Crippen LogP) is 4.51. The number of halogens is 2. The van der Waals surface area contributed by atoms with Crippen molar-refractivity contribution in [3.8, 4) is 23.0 Å². The van der Waals surface area contributed by atoms with Gasteiger partial charge in [-0.15, -0.1) is 0 Å². The molecule has 2 aromatic carbocycles. The summed E-state index contributed by atoms with van der Waals surface area (Å²) in [7, 11) is 0. The van der Waals surface area contributed by atoms with E-state index < -0.39 is 0 Å². The van der Waals surface area contributed by atoms with E-state index in [1.807, 2.05) is 0 Å². The van der Waals surface area contributed by atoms with E-state index in [2.05, 4.69) is 10.1 Å². The second kappa shape index (κ2) is 5.91. The molecular weight excluding hydrogens is 365 g/mol. The van der Waals surface area contributed by atoms with E-state index in [1.54, 1.807) is 24.3 Å². The topological polar surface area (TPSA) is 81.2 Å². The van der Waals surface area contributed by atoms with Crippen LogP contribution in [0.1, 0.15) is 10.4 Å². The van der Waals surface area contributed by atoms with Crippen LogP contribution in [0, 0.1) is 0 Å². The lowest BCUT2D eigenvalue weighted by Gasteiger charge is -1.98. The highest BCUT2D eigenvalue weighted by molar-refractivity contribution is 6.38. The van der Waals surface area contributed by atoms with Crippen molar-refractivity contribution in [1.29, 1.82) is 0 Å². The lowest BCUT2D eigenvalue weighted by Crippen LogP contribution is -1.94.